The van der Waals surface area contributed by atoms with Gasteiger partial charge in [-0.1, -0.05) is 0 Å². The van der Waals surface area contributed by atoms with Gasteiger partial charge in [-0.2, -0.15) is 0 Å². The van der Waals surface area contributed by atoms with Gasteiger partial charge in [-0.05, 0) is 38.0 Å². The van der Waals surface area contributed by atoms with Crippen LogP contribution < -0.4 is 16.4 Å². The molecule has 0 spiro atoms. The van der Waals surface area contributed by atoms with Crippen LogP contribution in [0, 0.1) is 11.7 Å². The molecular formula is C13H18FN3O. The fourth-order valence-corrected chi connectivity index (χ4v) is 2.44. The van der Waals surface area contributed by atoms with Crippen molar-refractivity contribution in [3.63, 3.8) is 0 Å². The first-order valence-corrected chi connectivity index (χ1v) is 6.10. The van der Waals surface area contributed by atoms with Crippen LogP contribution in [-0.2, 0) is 4.79 Å². The molecule has 1 aliphatic heterocycles. The van der Waals surface area contributed by atoms with Crippen LogP contribution in [0.3, 0.4) is 0 Å². The SMILES string of the molecule is CC1CCC(C(N)=O)CN1c1cc(F)ccc1N. The number of nitrogens with two attached hydrogens (primary N) is 2. The maximum absolute atomic E-state index is 13.3. The Hall–Kier alpha value is -1.78. The number of nitrogens with zero attached hydrogens (tertiary/aromatic N) is 1. The third-order valence-corrected chi connectivity index (χ3v) is 3.59. The maximum atomic E-state index is 13.3. The monoisotopic (exact) mass is 251 g/mol. The van der Waals surface area contributed by atoms with Crippen molar-refractivity contribution in [3.05, 3.63) is 24.0 Å². The lowest BCUT2D eigenvalue weighted by Gasteiger charge is -2.39. The van der Waals surface area contributed by atoms with Gasteiger partial charge in [0, 0.05) is 12.6 Å². The molecule has 98 valence electrons. The number of rotatable bonds is 2. The fourth-order valence-electron chi connectivity index (χ4n) is 2.44. The predicted octanol–water partition coefficient (Wildman–Crippen LogP) is 1.50. The van der Waals surface area contributed by atoms with Crippen molar-refractivity contribution in [3.8, 4) is 0 Å². The van der Waals surface area contributed by atoms with Crippen LogP contribution in [0.4, 0.5) is 15.8 Å². The van der Waals surface area contributed by atoms with Crippen molar-refractivity contribution in [2.24, 2.45) is 11.7 Å². The highest BCUT2D eigenvalue weighted by molar-refractivity contribution is 5.78. The number of primary amides is 1. The normalized spacial score (nSPS) is 24.0. The standard InChI is InChI=1S/C13H18FN3O/c1-8-2-3-9(13(16)18)7-17(8)12-6-10(14)4-5-11(12)15/h4-6,8-9H,2-3,7,15H2,1H3,(H2,16,18). The summed E-state index contributed by atoms with van der Waals surface area (Å²) in [6, 6.07) is 4.52. The van der Waals surface area contributed by atoms with Crippen molar-refractivity contribution in [1.29, 1.82) is 0 Å². The highest BCUT2D eigenvalue weighted by Gasteiger charge is 2.29. The molecule has 1 aromatic carbocycles. The number of hydrogen-bond donors (Lipinski definition) is 2. The molecule has 1 heterocycles. The minimum atomic E-state index is -0.326. The second-order valence-electron chi connectivity index (χ2n) is 4.88. The van der Waals surface area contributed by atoms with Crippen LogP contribution in [0.25, 0.3) is 0 Å². The fraction of sp³-hybridized carbons (Fsp3) is 0.462. The molecule has 4 nitrogen and oxygen atoms in total. The lowest BCUT2D eigenvalue weighted by Crippen LogP contribution is -2.46. The summed E-state index contributed by atoms with van der Waals surface area (Å²) < 4.78 is 13.3. The Balaban J connectivity index is 2.29. The number of hydrogen-bond acceptors (Lipinski definition) is 3. The van der Waals surface area contributed by atoms with Crippen LogP contribution >= 0.6 is 0 Å². The van der Waals surface area contributed by atoms with Crippen LogP contribution in [-0.4, -0.2) is 18.5 Å². The van der Waals surface area contributed by atoms with Crippen molar-refractivity contribution < 1.29 is 9.18 Å². The van der Waals surface area contributed by atoms with Gasteiger partial charge in [0.25, 0.3) is 0 Å². The van der Waals surface area contributed by atoms with Gasteiger partial charge < -0.3 is 16.4 Å². The quantitative estimate of drug-likeness (QED) is 0.782. The molecule has 1 amide bonds. The molecule has 0 aromatic heterocycles. The van der Waals surface area contributed by atoms with Gasteiger partial charge in [0.05, 0.1) is 17.3 Å². The molecule has 5 heteroatoms. The van der Waals surface area contributed by atoms with Gasteiger partial charge in [0.15, 0.2) is 0 Å². The molecule has 0 aliphatic carbocycles. The first-order valence-electron chi connectivity index (χ1n) is 6.10. The van der Waals surface area contributed by atoms with E-state index < -0.39 is 0 Å². The summed E-state index contributed by atoms with van der Waals surface area (Å²) in [6.07, 6.45) is 1.63. The molecule has 2 atom stereocenters. The highest BCUT2D eigenvalue weighted by Crippen LogP contribution is 2.32. The van der Waals surface area contributed by atoms with Gasteiger partial charge >= 0.3 is 0 Å². The van der Waals surface area contributed by atoms with Crippen LogP contribution in [0.2, 0.25) is 0 Å². The Morgan fingerprint density at radius 3 is 2.83 bits per heavy atom. The van der Waals surface area contributed by atoms with E-state index in [9.17, 15) is 9.18 Å². The van der Waals surface area contributed by atoms with Gasteiger partial charge in [0.2, 0.25) is 5.91 Å². The van der Waals surface area contributed by atoms with Crippen molar-refractivity contribution in [1.82, 2.24) is 0 Å². The van der Waals surface area contributed by atoms with E-state index in [4.69, 9.17) is 11.5 Å². The molecule has 18 heavy (non-hydrogen) atoms. The Morgan fingerprint density at radius 1 is 1.44 bits per heavy atom. The van der Waals surface area contributed by atoms with Gasteiger partial charge in [-0.3, -0.25) is 4.79 Å². The van der Waals surface area contributed by atoms with Crippen molar-refractivity contribution >= 4 is 17.3 Å². The average molecular weight is 251 g/mol. The number of piperidine rings is 1. The molecule has 0 saturated carbocycles. The minimum Gasteiger partial charge on any atom is -0.397 e. The van der Waals surface area contributed by atoms with E-state index >= 15 is 0 Å². The molecule has 1 aromatic rings. The van der Waals surface area contributed by atoms with Crippen LogP contribution in [0.15, 0.2) is 18.2 Å². The van der Waals surface area contributed by atoms with Crippen LogP contribution in [0.1, 0.15) is 19.8 Å². The third-order valence-electron chi connectivity index (χ3n) is 3.59. The number of carbonyl (C=O) groups excluding carboxylic acids is 1. The average Bonchev–Trinajstić information content (AvgIpc) is 2.33. The summed E-state index contributed by atoms with van der Waals surface area (Å²) in [5.74, 6) is -0.821. The minimum absolute atomic E-state index is 0.191. The molecule has 1 aliphatic rings. The summed E-state index contributed by atoms with van der Waals surface area (Å²) >= 11 is 0. The molecule has 0 radical (unpaired) electrons. The Morgan fingerprint density at radius 2 is 2.17 bits per heavy atom. The molecule has 0 bridgehead atoms. The van der Waals surface area contributed by atoms with E-state index in [0.29, 0.717) is 17.9 Å². The van der Waals surface area contributed by atoms with E-state index in [1.165, 1.54) is 12.1 Å². The van der Waals surface area contributed by atoms with E-state index in [1.807, 2.05) is 11.8 Å². The summed E-state index contributed by atoms with van der Waals surface area (Å²) in [5.41, 5.74) is 12.4. The molecule has 2 rings (SSSR count). The Bertz CT molecular complexity index is 464. The van der Waals surface area contributed by atoms with E-state index in [-0.39, 0.29) is 23.7 Å². The largest absolute Gasteiger partial charge is 0.397 e. The smallest absolute Gasteiger partial charge is 0.222 e. The first-order chi connectivity index (χ1) is 8.49. The summed E-state index contributed by atoms with van der Waals surface area (Å²) in [6.45, 7) is 2.55. The number of nitrogen functional groups attached to an aromatic ring is 1. The summed E-state index contributed by atoms with van der Waals surface area (Å²) in [4.78, 5) is 13.2. The highest BCUT2D eigenvalue weighted by atomic mass is 19.1. The van der Waals surface area contributed by atoms with Crippen molar-refractivity contribution in [2.75, 3.05) is 17.2 Å². The van der Waals surface area contributed by atoms with Crippen LogP contribution in [0.5, 0.6) is 0 Å². The molecule has 1 saturated heterocycles. The molecular weight excluding hydrogens is 233 g/mol. The first kappa shape index (κ1) is 12.7. The molecule has 1 fully saturated rings. The number of halogens is 1. The van der Waals surface area contributed by atoms with Gasteiger partial charge in [0.1, 0.15) is 5.82 Å². The third kappa shape index (κ3) is 2.39. The Labute approximate surface area is 106 Å². The Kier molecular flexibility index (Phi) is 3.41. The second-order valence-corrected chi connectivity index (χ2v) is 4.88. The zero-order valence-corrected chi connectivity index (χ0v) is 10.4. The van der Waals surface area contributed by atoms with E-state index in [2.05, 4.69) is 0 Å². The van der Waals surface area contributed by atoms with Crippen molar-refractivity contribution in [2.45, 2.75) is 25.8 Å². The summed E-state index contributed by atoms with van der Waals surface area (Å²) in [5, 5.41) is 0. The molecule has 2 unspecified atom stereocenters. The zero-order valence-electron chi connectivity index (χ0n) is 10.4. The predicted molar refractivity (Wildman–Crippen MR) is 69.5 cm³/mol. The lowest BCUT2D eigenvalue weighted by atomic mass is 9.92. The zero-order chi connectivity index (χ0) is 13.3. The second kappa shape index (κ2) is 4.84. The van der Waals surface area contributed by atoms with E-state index in [1.54, 1.807) is 6.07 Å². The molecule has 4 N–H and O–H groups in total. The summed E-state index contributed by atoms with van der Waals surface area (Å²) in [7, 11) is 0. The maximum Gasteiger partial charge on any atom is 0.222 e. The number of carbonyl (C=O) groups is 1. The number of anilines is 2. The van der Waals surface area contributed by atoms with Gasteiger partial charge in [-0.25, -0.2) is 4.39 Å². The van der Waals surface area contributed by atoms with Gasteiger partial charge in [-0.15, -0.1) is 0 Å². The van der Waals surface area contributed by atoms with E-state index in [0.717, 1.165) is 12.8 Å². The lowest BCUT2D eigenvalue weighted by molar-refractivity contribution is -0.122. The number of benzene rings is 1. The topological polar surface area (TPSA) is 72.4 Å². The number of amides is 1.